The number of unbranched alkanes of at least 4 members (excludes halogenated alkanes) is 1. The van der Waals surface area contributed by atoms with Crippen molar-refractivity contribution in [2.45, 2.75) is 25.4 Å². The van der Waals surface area contributed by atoms with Crippen LogP contribution in [0, 0.1) is 0 Å². The molecule has 1 unspecified atom stereocenters. The maximum Gasteiger partial charge on any atom is 0.119 e. The van der Waals surface area contributed by atoms with Crippen molar-refractivity contribution < 1.29 is 9.53 Å². The summed E-state index contributed by atoms with van der Waals surface area (Å²) >= 11 is 0. The lowest BCUT2D eigenvalue weighted by Crippen LogP contribution is -1.84. The molecule has 0 N–H and O–H groups in total. The molecule has 0 aromatic carbocycles. The third-order valence-electron chi connectivity index (χ3n) is 1.25. The molecule has 0 spiro atoms. The second-order valence-electron chi connectivity index (χ2n) is 2.05. The van der Waals surface area contributed by atoms with Crippen molar-refractivity contribution in [2.24, 2.45) is 0 Å². The minimum atomic E-state index is 0.495. The summed E-state index contributed by atoms with van der Waals surface area (Å²) in [7, 11) is 0. The van der Waals surface area contributed by atoms with Crippen LogP contribution in [0.25, 0.3) is 0 Å². The van der Waals surface area contributed by atoms with Gasteiger partial charge in [-0.3, -0.25) is 0 Å². The van der Waals surface area contributed by atoms with E-state index in [0.717, 1.165) is 25.7 Å². The Hall–Kier alpha value is -0.370. The molecule has 1 aliphatic heterocycles. The number of carbonyl (C=O) groups excluding carboxylic acids is 1. The van der Waals surface area contributed by atoms with Crippen molar-refractivity contribution in [1.29, 1.82) is 0 Å². The molecule has 0 aliphatic carbocycles. The molecule has 1 atom stereocenters. The highest BCUT2D eigenvalue weighted by molar-refractivity contribution is 5.48. The molecule has 2 heteroatoms. The maximum absolute atomic E-state index is 9.77. The van der Waals surface area contributed by atoms with Crippen molar-refractivity contribution in [2.75, 3.05) is 6.61 Å². The van der Waals surface area contributed by atoms with E-state index in [1.165, 1.54) is 0 Å². The summed E-state index contributed by atoms with van der Waals surface area (Å²) in [4.78, 5) is 9.77. The Balaban J connectivity index is 1.80. The standard InChI is InChI=1S/C6H10O2/c7-4-2-1-3-6-5-8-6/h4,6H,1-3,5H2. The minimum Gasteiger partial charge on any atom is -0.373 e. The van der Waals surface area contributed by atoms with Crippen LogP contribution in [0.5, 0.6) is 0 Å². The molecule has 1 saturated heterocycles. The number of rotatable bonds is 4. The van der Waals surface area contributed by atoms with Gasteiger partial charge in [0, 0.05) is 6.42 Å². The lowest BCUT2D eigenvalue weighted by molar-refractivity contribution is -0.107. The van der Waals surface area contributed by atoms with Crippen molar-refractivity contribution in [3.05, 3.63) is 0 Å². The highest BCUT2D eigenvalue weighted by Gasteiger charge is 2.20. The van der Waals surface area contributed by atoms with E-state index in [9.17, 15) is 4.79 Å². The molecule has 0 bridgehead atoms. The molecule has 8 heavy (non-hydrogen) atoms. The van der Waals surface area contributed by atoms with E-state index in [0.29, 0.717) is 12.5 Å². The third-order valence-corrected chi connectivity index (χ3v) is 1.25. The molecule has 2 nitrogen and oxygen atoms in total. The monoisotopic (exact) mass is 114 g/mol. The normalized spacial score (nSPS) is 25.2. The molecule has 0 radical (unpaired) electrons. The summed E-state index contributed by atoms with van der Waals surface area (Å²) in [5.41, 5.74) is 0. The lowest BCUT2D eigenvalue weighted by Gasteiger charge is -1.86. The maximum atomic E-state index is 9.77. The van der Waals surface area contributed by atoms with Crippen molar-refractivity contribution in [3.8, 4) is 0 Å². The minimum absolute atomic E-state index is 0.495. The zero-order valence-corrected chi connectivity index (χ0v) is 4.80. The Morgan fingerprint density at radius 3 is 3.00 bits per heavy atom. The quantitative estimate of drug-likeness (QED) is 0.306. The Morgan fingerprint density at radius 2 is 2.50 bits per heavy atom. The number of epoxide rings is 1. The van der Waals surface area contributed by atoms with Gasteiger partial charge in [0.2, 0.25) is 0 Å². The molecule has 46 valence electrons. The number of hydrogen-bond donors (Lipinski definition) is 0. The van der Waals surface area contributed by atoms with E-state index in [1.807, 2.05) is 0 Å². The van der Waals surface area contributed by atoms with Gasteiger partial charge in [-0.05, 0) is 12.8 Å². The highest BCUT2D eigenvalue weighted by Crippen LogP contribution is 2.15. The van der Waals surface area contributed by atoms with E-state index in [4.69, 9.17) is 4.74 Å². The van der Waals surface area contributed by atoms with Gasteiger partial charge < -0.3 is 9.53 Å². The first-order valence-electron chi connectivity index (χ1n) is 2.98. The average Bonchev–Trinajstić information content (AvgIpc) is 2.51. The van der Waals surface area contributed by atoms with Gasteiger partial charge in [-0.15, -0.1) is 0 Å². The Morgan fingerprint density at radius 1 is 1.75 bits per heavy atom. The molecule has 1 aliphatic rings. The summed E-state index contributed by atoms with van der Waals surface area (Å²) < 4.78 is 4.94. The summed E-state index contributed by atoms with van der Waals surface area (Å²) in [6.45, 7) is 0.916. The van der Waals surface area contributed by atoms with Crippen molar-refractivity contribution in [1.82, 2.24) is 0 Å². The van der Waals surface area contributed by atoms with Crippen LogP contribution in [0.1, 0.15) is 19.3 Å². The van der Waals surface area contributed by atoms with Crippen LogP contribution in [0.4, 0.5) is 0 Å². The van der Waals surface area contributed by atoms with Gasteiger partial charge in [-0.2, -0.15) is 0 Å². The fourth-order valence-electron chi connectivity index (χ4n) is 0.664. The van der Waals surface area contributed by atoms with Crippen LogP contribution in [0.2, 0.25) is 0 Å². The second-order valence-corrected chi connectivity index (χ2v) is 2.05. The van der Waals surface area contributed by atoms with Crippen LogP contribution in [-0.2, 0) is 9.53 Å². The zero-order valence-electron chi connectivity index (χ0n) is 4.80. The highest BCUT2D eigenvalue weighted by atomic mass is 16.6. The summed E-state index contributed by atoms with van der Waals surface area (Å²) in [5.74, 6) is 0. The molecular formula is C6H10O2. The van der Waals surface area contributed by atoms with Crippen molar-refractivity contribution >= 4 is 6.29 Å². The Kier molecular flexibility index (Phi) is 2.03. The SMILES string of the molecule is O=CCCCC1CO1. The van der Waals surface area contributed by atoms with Gasteiger partial charge in [0.05, 0.1) is 12.7 Å². The zero-order chi connectivity index (χ0) is 5.82. The number of ether oxygens (including phenoxy) is 1. The van der Waals surface area contributed by atoms with E-state index >= 15 is 0 Å². The first-order chi connectivity index (χ1) is 3.93. The van der Waals surface area contributed by atoms with Crippen molar-refractivity contribution in [3.63, 3.8) is 0 Å². The molecule has 1 rings (SSSR count). The summed E-state index contributed by atoms with van der Waals surface area (Å²) in [6.07, 6.45) is 4.21. The van der Waals surface area contributed by atoms with E-state index in [-0.39, 0.29) is 0 Å². The molecule has 0 saturated carbocycles. The molecule has 1 heterocycles. The van der Waals surface area contributed by atoms with E-state index in [1.54, 1.807) is 0 Å². The molecular weight excluding hydrogens is 104 g/mol. The largest absolute Gasteiger partial charge is 0.373 e. The van der Waals surface area contributed by atoms with Crippen LogP contribution >= 0.6 is 0 Å². The van der Waals surface area contributed by atoms with Crippen LogP contribution in [0.3, 0.4) is 0 Å². The molecule has 0 aromatic rings. The number of carbonyl (C=O) groups is 1. The Bertz CT molecular complexity index is 76.6. The number of aldehydes is 1. The van der Waals surface area contributed by atoms with Gasteiger partial charge in [0.25, 0.3) is 0 Å². The fraction of sp³-hybridized carbons (Fsp3) is 0.833. The van der Waals surface area contributed by atoms with E-state index < -0.39 is 0 Å². The topological polar surface area (TPSA) is 29.6 Å². The van der Waals surface area contributed by atoms with E-state index in [2.05, 4.69) is 0 Å². The summed E-state index contributed by atoms with van der Waals surface area (Å²) in [6, 6.07) is 0. The molecule has 0 aromatic heterocycles. The molecule has 1 fully saturated rings. The number of hydrogen-bond acceptors (Lipinski definition) is 2. The van der Waals surface area contributed by atoms with Gasteiger partial charge in [0.1, 0.15) is 6.29 Å². The predicted octanol–water partition coefficient (Wildman–Crippen LogP) is 0.754. The predicted molar refractivity (Wildman–Crippen MR) is 29.7 cm³/mol. The van der Waals surface area contributed by atoms with Crippen LogP contribution in [-0.4, -0.2) is 19.0 Å². The molecule has 0 amide bonds. The lowest BCUT2D eigenvalue weighted by atomic mass is 10.2. The summed E-state index contributed by atoms with van der Waals surface area (Å²) in [5, 5.41) is 0. The van der Waals surface area contributed by atoms with Gasteiger partial charge in [-0.1, -0.05) is 0 Å². The van der Waals surface area contributed by atoms with Crippen LogP contribution in [0.15, 0.2) is 0 Å². The average molecular weight is 114 g/mol. The first-order valence-corrected chi connectivity index (χ1v) is 2.98. The van der Waals surface area contributed by atoms with Crippen LogP contribution < -0.4 is 0 Å². The van der Waals surface area contributed by atoms with Gasteiger partial charge in [0.15, 0.2) is 0 Å². The Labute approximate surface area is 48.8 Å². The van der Waals surface area contributed by atoms with Gasteiger partial charge >= 0.3 is 0 Å². The van der Waals surface area contributed by atoms with Gasteiger partial charge in [-0.25, -0.2) is 0 Å². The smallest absolute Gasteiger partial charge is 0.119 e. The third kappa shape index (κ3) is 2.07. The first kappa shape index (κ1) is 5.76. The fourth-order valence-corrected chi connectivity index (χ4v) is 0.664. The second kappa shape index (κ2) is 2.82.